The van der Waals surface area contributed by atoms with Gasteiger partial charge in [0.15, 0.2) is 5.78 Å². The van der Waals surface area contributed by atoms with E-state index in [0.717, 1.165) is 23.5 Å². The summed E-state index contributed by atoms with van der Waals surface area (Å²) in [5.41, 5.74) is 3.52. The van der Waals surface area contributed by atoms with Gasteiger partial charge in [0.2, 0.25) is 0 Å². The van der Waals surface area contributed by atoms with Gasteiger partial charge in [-0.1, -0.05) is 25.4 Å². The van der Waals surface area contributed by atoms with E-state index < -0.39 is 0 Å². The molecule has 0 aliphatic heterocycles. The Morgan fingerprint density at radius 2 is 2.04 bits per heavy atom. The summed E-state index contributed by atoms with van der Waals surface area (Å²) in [6.45, 7) is 9.86. The smallest absolute Gasteiger partial charge is 0.306 e. The van der Waals surface area contributed by atoms with Crippen molar-refractivity contribution < 1.29 is 14.3 Å². The molecule has 0 spiro atoms. The van der Waals surface area contributed by atoms with Crippen LogP contribution in [0.25, 0.3) is 0 Å². The maximum atomic E-state index is 11.7. The molecule has 0 amide bonds. The van der Waals surface area contributed by atoms with Crippen LogP contribution in [0, 0.1) is 12.8 Å². The van der Waals surface area contributed by atoms with Gasteiger partial charge in [-0.3, -0.25) is 9.59 Å². The molecule has 0 atom stereocenters. The summed E-state index contributed by atoms with van der Waals surface area (Å²) < 4.78 is 5.32. The number of benzene rings is 1. The van der Waals surface area contributed by atoms with Crippen molar-refractivity contribution in [2.24, 2.45) is 10.9 Å². The van der Waals surface area contributed by atoms with E-state index in [0.29, 0.717) is 31.2 Å². The Morgan fingerprint density at radius 3 is 2.64 bits per heavy atom. The summed E-state index contributed by atoms with van der Waals surface area (Å²) in [5, 5.41) is 0.166. The largest absolute Gasteiger partial charge is 0.464 e. The van der Waals surface area contributed by atoms with Crippen molar-refractivity contribution >= 4 is 40.4 Å². The van der Waals surface area contributed by atoms with E-state index in [1.54, 1.807) is 12.2 Å². The fraction of sp³-hybridized carbons (Fsp3) is 0.409. The van der Waals surface area contributed by atoms with Crippen molar-refractivity contribution in [1.29, 1.82) is 0 Å². The van der Waals surface area contributed by atoms with Crippen molar-refractivity contribution in [3.05, 3.63) is 47.0 Å². The number of aryl methyl sites for hydroxylation is 1. The van der Waals surface area contributed by atoms with Gasteiger partial charge in [-0.05, 0) is 61.8 Å². The monoisotopic (exact) mass is 402 g/mol. The third-order valence-corrected chi connectivity index (χ3v) is 4.59. The first kappa shape index (κ1) is 21.9. The zero-order chi connectivity index (χ0) is 20.7. The van der Waals surface area contributed by atoms with Crippen molar-refractivity contribution in [3.8, 4) is 0 Å². The van der Waals surface area contributed by atoms with Gasteiger partial charge in [0.1, 0.15) is 6.61 Å². The Bertz CT molecular complexity index is 825. The van der Waals surface area contributed by atoms with Gasteiger partial charge < -0.3 is 9.64 Å². The van der Waals surface area contributed by atoms with Crippen LogP contribution < -0.4 is 4.90 Å². The lowest BCUT2D eigenvalue weighted by Crippen LogP contribution is -2.28. The van der Waals surface area contributed by atoms with Gasteiger partial charge in [0.25, 0.3) is 0 Å². The Kier molecular flexibility index (Phi) is 8.00. The fourth-order valence-corrected chi connectivity index (χ4v) is 2.97. The number of rotatable bonds is 8. The number of carbonyl (C=O) groups excluding carboxylic acids is 2. The third-order valence-electron chi connectivity index (χ3n) is 4.29. The van der Waals surface area contributed by atoms with Crippen molar-refractivity contribution in [1.82, 2.24) is 0 Å². The number of halogens is 1. The van der Waals surface area contributed by atoms with E-state index in [2.05, 4.69) is 22.9 Å². The number of allylic oxidation sites excluding steroid dienone is 4. The lowest BCUT2D eigenvalue weighted by atomic mass is 10.1. The second kappa shape index (κ2) is 10.2. The van der Waals surface area contributed by atoms with Crippen LogP contribution in [0.3, 0.4) is 0 Å². The summed E-state index contributed by atoms with van der Waals surface area (Å²) in [5.74, 6) is -0.0621. The molecule has 0 bridgehead atoms. The Balaban J connectivity index is 2.04. The summed E-state index contributed by atoms with van der Waals surface area (Å²) in [7, 11) is 0. The van der Waals surface area contributed by atoms with Crippen LogP contribution in [0.4, 0.5) is 11.4 Å². The SMILES string of the molecule is CCN(CCOC(=O)CC(C)C)c1ccc(N=C2C=CC(=O)C(Cl)=C2)c(C)c1. The van der Waals surface area contributed by atoms with E-state index in [1.165, 1.54) is 6.08 Å². The van der Waals surface area contributed by atoms with Crippen molar-refractivity contribution in [2.75, 3.05) is 24.6 Å². The molecule has 5 nitrogen and oxygen atoms in total. The molecule has 0 fully saturated rings. The van der Waals surface area contributed by atoms with Gasteiger partial charge in [-0.15, -0.1) is 0 Å². The van der Waals surface area contributed by atoms with Crippen LogP contribution in [0.2, 0.25) is 0 Å². The molecule has 1 aliphatic carbocycles. The number of ketones is 1. The topological polar surface area (TPSA) is 59.0 Å². The average molecular weight is 403 g/mol. The van der Waals surface area contributed by atoms with Crippen molar-refractivity contribution in [2.45, 2.75) is 34.1 Å². The van der Waals surface area contributed by atoms with Crippen LogP contribution in [0.1, 0.15) is 32.8 Å². The number of nitrogens with zero attached hydrogens (tertiary/aromatic N) is 2. The predicted octanol–water partition coefficient (Wildman–Crippen LogP) is 4.74. The fourth-order valence-electron chi connectivity index (χ4n) is 2.79. The second-order valence-electron chi connectivity index (χ2n) is 7.10. The van der Waals surface area contributed by atoms with E-state index in [4.69, 9.17) is 16.3 Å². The number of hydrogen-bond acceptors (Lipinski definition) is 5. The molecule has 0 aromatic heterocycles. The number of esters is 1. The molecule has 0 saturated heterocycles. The van der Waals surface area contributed by atoms with Gasteiger partial charge in [0, 0.05) is 18.7 Å². The molecule has 6 heteroatoms. The highest BCUT2D eigenvalue weighted by Crippen LogP contribution is 2.26. The first-order valence-electron chi connectivity index (χ1n) is 9.49. The zero-order valence-corrected chi connectivity index (χ0v) is 17.6. The Morgan fingerprint density at radius 1 is 1.29 bits per heavy atom. The third kappa shape index (κ3) is 6.34. The molecule has 0 radical (unpaired) electrons. The van der Waals surface area contributed by atoms with E-state index in [9.17, 15) is 9.59 Å². The van der Waals surface area contributed by atoms with Gasteiger partial charge in [-0.25, -0.2) is 4.99 Å². The van der Waals surface area contributed by atoms with Crippen LogP contribution >= 0.6 is 11.6 Å². The lowest BCUT2D eigenvalue weighted by Gasteiger charge is -2.23. The molecular formula is C22H27ClN2O3. The number of aliphatic imine (C=N–C) groups is 1. The predicted molar refractivity (Wildman–Crippen MR) is 115 cm³/mol. The van der Waals surface area contributed by atoms with E-state index in [-0.39, 0.29) is 16.8 Å². The van der Waals surface area contributed by atoms with E-state index >= 15 is 0 Å². The highest BCUT2D eigenvalue weighted by Gasteiger charge is 2.12. The number of likely N-dealkylation sites (N-methyl/N-ethyl adjacent to an activating group) is 1. The quantitative estimate of drug-likeness (QED) is 0.465. The molecule has 0 N–H and O–H groups in total. The Hall–Kier alpha value is -2.40. The maximum Gasteiger partial charge on any atom is 0.306 e. The Labute approximate surface area is 171 Å². The zero-order valence-electron chi connectivity index (χ0n) is 16.9. The number of ether oxygens (including phenoxy) is 1. The van der Waals surface area contributed by atoms with Crippen molar-refractivity contribution in [3.63, 3.8) is 0 Å². The summed E-state index contributed by atoms with van der Waals surface area (Å²) in [6, 6.07) is 5.99. The lowest BCUT2D eigenvalue weighted by molar-refractivity contribution is -0.144. The second-order valence-corrected chi connectivity index (χ2v) is 7.50. The molecule has 0 saturated carbocycles. The van der Waals surface area contributed by atoms with Crippen LogP contribution in [0.5, 0.6) is 0 Å². The molecule has 1 aliphatic rings. The number of hydrogen-bond donors (Lipinski definition) is 0. The first-order chi connectivity index (χ1) is 13.3. The number of anilines is 1. The average Bonchev–Trinajstić information content (AvgIpc) is 2.63. The molecule has 28 heavy (non-hydrogen) atoms. The normalized spacial score (nSPS) is 15.1. The van der Waals surface area contributed by atoms with Gasteiger partial charge >= 0.3 is 5.97 Å². The highest BCUT2D eigenvalue weighted by molar-refractivity contribution is 6.47. The maximum absolute atomic E-state index is 11.7. The molecule has 2 rings (SSSR count). The summed E-state index contributed by atoms with van der Waals surface area (Å²) in [6.07, 6.45) is 5.09. The van der Waals surface area contributed by atoms with Gasteiger partial charge in [0.05, 0.1) is 23.0 Å². The van der Waals surface area contributed by atoms with Crippen LogP contribution in [-0.2, 0) is 14.3 Å². The van der Waals surface area contributed by atoms with Gasteiger partial charge in [-0.2, -0.15) is 0 Å². The summed E-state index contributed by atoms with van der Waals surface area (Å²) >= 11 is 5.89. The molecule has 0 heterocycles. The molecule has 150 valence electrons. The highest BCUT2D eigenvalue weighted by atomic mass is 35.5. The van der Waals surface area contributed by atoms with Crippen LogP contribution in [0.15, 0.2) is 46.5 Å². The standard InChI is InChI=1S/C22H27ClN2O3/c1-5-25(10-11-28-22(27)12-15(2)3)18-7-8-20(16(4)13-18)24-17-6-9-21(26)19(23)14-17/h6-9,13-15H,5,10-12H2,1-4H3. The molecule has 1 aromatic rings. The number of carbonyl (C=O) groups is 2. The minimum atomic E-state index is -0.208. The van der Waals surface area contributed by atoms with E-state index in [1.807, 2.05) is 32.9 Å². The molecular weight excluding hydrogens is 376 g/mol. The molecule has 1 aromatic carbocycles. The van der Waals surface area contributed by atoms with Crippen LogP contribution in [-0.4, -0.2) is 37.2 Å². The minimum Gasteiger partial charge on any atom is -0.464 e. The minimum absolute atomic E-state index is 0.154. The molecule has 0 unspecified atom stereocenters. The first-order valence-corrected chi connectivity index (χ1v) is 9.87. The summed E-state index contributed by atoms with van der Waals surface area (Å²) in [4.78, 5) is 29.8.